The van der Waals surface area contributed by atoms with Gasteiger partial charge in [-0.05, 0) is 50.2 Å². The van der Waals surface area contributed by atoms with E-state index in [2.05, 4.69) is 31.4 Å². The Morgan fingerprint density at radius 3 is 2.83 bits per heavy atom. The highest BCUT2D eigenvalue weighted by atomic mass is 16.1. The van der Waals surface area contributed by atoms with Crippen molar-refractivity contribution < 1.29 is 4.79 Å². The molecule has 1 aliphatic heterocycles. The fraction of sp³-hybridized carbons (Fsp3) is 0.231. The molecule has 0 saturated carbocycles. The largest absolute Gasteiger partial charge is 0.377 e. The van der Waals surface area contributed by atoms with Crippen molar-refractivity contribution in [1.82, 2.24) is 29.2 Å². The number of allylic oxidation sites excluding steroid dienone is 1. The molecule has 10 nitrogen and oxygen atoms in total. The number of aromatic nitrogens is 5. The number of nitriles is 1. The summed E-state index contributed by atoms with van der Waals surface area (Å²) in [5.41, 5.74) is 9.52. The van der Waals surface area contributed by atoms with Gasteiger partial charge in [-0.15, -0.1) is 0 Å². The molecule has 4 heterocycles. The Morgan fingerprint density at radius 2 is 2.06 bits per heavy atom. The number of hydrogen-bond acceptors (Lipinski definition) is 8. The van der Waals surface area contributed by atoms with Crippen LogP contribution in [0.4, 0.5) is 11.8 Å². The number of rotatable bonds is 5. The third-order valence-electron chi connectivity index (χ3n) is 6.21. The van der Waals surface area contributed by atoms with Gasteiger partial charge < -0.3 is 16.0 Å². The Bertz CT molecular complexity index is 1480. The van der Waals surface area contributed by atoms with E-state index in [4.69, 9.17) is 16.0 Å². The Hall–Kier alpha value is -4.78. The first-order chi connectivity index (χ1) is 17.6. The van der Waals surface area contributed by atoms with Gasteiger partial charge in [0.1, 0.15) is 18.0 Å². The lowest BCUT2D eigenvalue weighted by atomic mass is 9.95. The molecule has 1 saturated heterocycles. The van der Waals surface area contributed by atoms with Gasteiger partial charge in [-0.1, -0.05) is 18.2 Å². The molecule has 1 aliphatic rings. The maximum Gasteiger partial charge on any atom is 0.256 e. The van der Waals surface area contributed by atoms with Gasteiger partial charge in [0, 0.05) is 36.3 Å². The van der Waals surface area contributed by atoms with Crippen LogP contribution >= 0.6 is 0 Å². The molecule has 0 radical (unpaired) electrons. The van der Waals surface area contributed by atoms with Gasteiger partial charge in [0.2, 0.25) is 5.95 Å². The number of nitrogens with one attached hydrogen (secondary N) is 1. The van der Waals surface area contributed by atoms with E-state index in [0.717, 1.165) is 37.2 Å². The number of pyridine rings is 1. The van der Waals surface area contributed by atoms with Crippen LogP contribution in [0.25, 0.3) is 17.0 Å². The van der Waals surface area contributed by atoms with Crippen LogP contribution in [0.5, 0.6) is 0 Å². The number of anilines is 2. The van der Waals surface area contributed by atoms with Gasteiger partial charge in [-0.3, -0.25) is 4.79 Å². The number of likely N-dealkylation sites (tertiary alicyclic amines) is 1. The van der Waals surface area contributed by atoms with Crippen LogP contribution in [0.3, 0.4) is 0 Å². The molecule has 1 amide bonds. The molecule has 4 aromatic rings. The summed E-state index contributed by atoms with van der Waals surface area (Å²) in [6.07, 6.45) is 9.20. The predicted molar refractivity (Wildman–Crippen MR) is 136 cm³/mol. The smallest absolute Gasteiger partial charge is 0.256 e. The van der Waals surface area contributed by atoms with Crippen LogP contribution in [-0.2, 0) is 0 Å². The summed E-state index contributed by atoms with van der Waals surface area (Å²) in [6, 6.07) is 12.2. The molecular formula is C26H25N9O. The minimum Gasteiger partial charge on any atom is -0.377 e. The molecule has 0 spiro atoms. The third-order valence-corrected chi connectivity index (χ3v) is 6.21. The van der Waals surface area contributed by atoms with Gasteiger partial charge in [0.05, 0.1) is 17.3 Å². The van der Waals surface area contributed by atoms with Gasteiger partial charge in [-0.25, -0.2) is 24.3 Å². The quantitative estimate of drug-likeness (QED) is 0.443. The van der Waals surface area contributed by atoms with Crippen LogP contribution < -0.4 is 11.1 Å². The van der Waals surface area contributed by atoms with Crippen molar-refractivity contribution in [2.75, 3.05) is 24.1 Å². The molecule has 3 N–H and O–H groups in total. The van der Waals surface area contributed by atoms with Crippen molar-refractivity contribution >= 4 is 23.3 Å². The topological polar surface area (TPSA) is 138 Å². The first kappa shape index (κ1) is 23.0. The lowest BCUT2D eigenvalue weighted by Gasteiger charge is -2.31. The van der Waals surface area contributed by atoms with Gasteiger partial charge in [0.15, 0.2) is 5.65 Å². The van der Waals surface area contributed by atoms with Crippen molar-refractivity contribution in [3.05, 3.63) is 78.0 Å². The zero-order chi connectivity index (χ0) is 25.1. The molecule has 36 heavy (non-hydrogen) atoms. The number of carbonyl (C=O) groups excluding carboxylic acids is 1. The number of hydrogen-bond donors (Lipinski definition) is 2. The van der Waals surface area contributed by atoms with E-state index in [1.54, 1.807) is 22.6 Å². The van der Waals surface area contributed by atoms with E-state index in [1.165, 1.54) is 18.6 Å². The number of carbonyl (C=O) groups is 1. The van der Waals surface area contributed by atoms with Crippen molar-refractivity contribution in [3.63, 3.8) is 0 Å². The SMILES string of the molecule is CC=CN1CCCC(c2nc(-c3ccc(C(=O)Nc4cc(C#N)ccn4)cc3)n3c(N)ncnc23)C1. The van der Waals surface area contributed by atoms with E-state index in [0.29, 0.717) is 34.4 Å². The average Bonchev–Trinajstić information content (AvgIpc) is 3.30. The zero-order valence-corrected chi connectivity index (χ0v) is 19.8. The van der Waals surface area contributed by atoms with Gasteiger partial charge >= 0.3 is 0 Å². The number of fused-ring (bicyclic) bond motifs is 1. The fourth-order valence-electron chi connectivity index (χ4n) is 4.54. The van der Waals surface area contributed by atoms with E-state index < -0.39 is 0 Å². The first-order valence-corrected chi connectivity index (χ1v) is 11.7. The second-order valence-corrected chi connectivity index (χ2v) is 8.60. The molecule has 1 fully saturated rings. The van der Waals surface area contributed by atoms with E-state index in [1.807, 2.05) is 31.2 Å². The van der Waals surface area contributed by atoms with Crippen LogP contribution in [0, 0.1) is 11.3 Å². The summed E-state index contributed by atoms with van der Waals surface area (Å²) in [7, 11) is 0. The molecule has 0 bridgehead atoms. The molecule has 5 rings (SSSR count). The van der Waals surface area contributed by atoms with Gasteiger partial charge in [-0.2, -0.15) is 5.26 Å². The summed E-state index contributed by atoms with van der Waals surface area (Å²) in [5.74, 6) is 1.15. The molecule has 180 valence electrons. The van der Waals surface area contributed by atoms with Crippen molar-refractivity contribution in [1.29, 1.82) is 5.26 Å². The number of amides is 1. The highest BCUT2D eigenvalue weighted by Gasteiger charge is 2.27. The Morgan fingerprint density at radius 1 is 1.22 bits per heavy atom. The number of nitrogens with two attached hydrogens (primary N) is 1. The summed E-state index contributed by atoms with van der Waals surface area (Å²) < 4.78 is 1.77. The fourth-order valence-corrected chi connectivity index (χ4v) is 4.54. The summed E-state index contributed by atoms with van der Waals surface area (Å²) in [6.45, 7) is 3.91. The average molecular weight is 480 g/mol. The minimum absolute atomic E-state index is 0.217. The molecule has 1 aromatic carbocycles. The predicted octanol–water partition coefficient (Wildman–Crippen LogP) is 3.61. The minimum atomic E-state index is -0.327. The first-order valence-electron chi connectivity index (χ1n) is 11.7. The number of nitrogen functional groups attached to an aromatic ring is 1. The third kappa shape index (κ3) is 4.46. The monoisotopic (exact) mass is 479 g/mol. The number of nitrogens with zero attached hydrogens (tertiary/aromatic N) is 7. The van der Waals surface area contributed by atoms with Gasteiger partial charge in [0.25, 0.3) is 5.91 Å². The molecular weight excluding hydrogens is 454 g/mol. The molecule has 0 aliphatic carbocycles. The van der Waals surface area contributed by atoms with Crippen molar-refractivity contribution in [3.8, 4) is 17.5 Å². The van der Waals surface area contributed by atoms with Crippen LogP contribution in [-0.4, -0.2) is 48.2 Å². The lowest BCUT2D eigenvalue weighted by molar-refractivity contribution is 0.102. The normalized spacial score (nSPS) is 15.8. The van der Waals surface area contributed by atoms with Crippen molar-refractivity contribution in [2.24, 2.45) is 0 Å². The maximum atomic E-state index is 12.7. The highest BCUT2D eigenvalue weighted by molar-refractivity contribution is 6.04. The van der Waals surface area contributed by atoms with E-state index in [-0.39, 0.29) is 11.8 Å². The molecule has 1 unspecified atom stereocenters. The Kier molecular flexibility index (Phi) is 6.28. The standard InChI is InChI=1S/C26H25N9O/c1-2-11-34-12-3-4-20(15-34)22-24-30-16-31-26(28)35(24)23(33-22)18-5-7-19(8-6-18)25(36)32-21-13-17(14-27)9-10-29-21/h2,5-11,13,16,20H,3-4,12,15H2,1H3,(H2,28,30,31)(H,29,32,36). The summed E-state index contributed by atoms with van der Waals surface area (Å²) in [4.78, 5) is 32.8. The second-order valence-electron chi connectivity index (χ2n) is 8.60. The molecule has 1 atom stereocenters. The highest BCUT2D eigenvalue weighted by Crippen LogP contribution is 2.32. The zero-order valence-electron chi connectivity index (χ0n) is 19.8. The van der Waals surface area contributed by atoms with E-state index >= 15 is 0 Å². The second kappa shape index (κ2) is 9.84. The molecule has 3 aromatic heterocycles. The van der Waals surface area contributed by atoms with Crippen LogP contribution in [0.2, 0.25) is 0 Å². The number of benzene rings is 1. The maximum absolute atomic E-state index is 12.7. The van der Waals surface area contributed by atoms with Crippen LogP contribution in [0.1, 0.15) is 47.3 Å². The molecule has 10 heteroatoms. The Balaban J connectivity index is 1.45. The number of imidazole rings is 1. The summed E-state index contributed by atoms with van der Waals surface area (Å²) >= 11 is 0. The summed E-state index contributed by atoms with van der Waals surface area (Å²) in [5, 5.41) is 11.8. The Labute approximate surface area is 208 Å². The van der Waals surface area contributed by atoms with Crippen LogP contribution in [0.15, 0.2) is 61.2 Å². The lowest BCUT2D eigenvalue weighted by Crippen LogP contribution is -2.30. The van der Waals surface area contributed by atoms with Crippen molar-refractivity contribution in [2.45, 2.75) is 25.7 Å². The van der Waals surface area contributed by atoms with E-state index in [9.17, 15) is 4.79 Å². The number of piperidine rings is 1.